The van der Waals surface area contributed by atoms with Crippen LogP contribution in [0.1, 0.15) is 25.3 Å². The number of aromatic nitrogens is 1. The third kappa shape index (κ3) is 5.89. The second-order valence-electron chi connectivity index (χ2n) is 5.57. The second kappa shape index (κ2) is 8.88. The van der Waals surface area contributed by atoms with E-state index in [0.717, 1.165) is 11.3 Å². The van der Waals surface area contributed by atoms with Crippen molar-refractivity contribution in [3.8, 4) is 17.4 Å². The van der Waals surface area contributed by atoms with Gasteiger partial charge >= 0.3 is 0 Å². The summed E-state index contributed by atoms with van der Waals surface area (Å²) in [7, 11) is 1.61. The van der Waals surface area contributed by atoms with Crippen molar-refractivity contribution in [3.05, 3.63) is 48.2 Å². The predicted molar refractivity (Wildman–Crippen MR) is 92.0 cm³/mol. The van der Waals surface area contributed by atoms with Gasteiger partial charge in [0.25, 0.3) is 0 Å². The number of hydrogen-bond donors (Lipinski definition) is 2. The summed E-state index contributed by atoms with van der Waals surface area (Å²) >= 11 is 0. The van der Waals surface area contributed by atoms with Gasteiger partial charge in [-0.25, -0.2) is 4.98 Å². The van der Waals surface area contributed by atoms with Crippen molar-refractivity contribution in [1.29, 1.82) is 0 Å². The molecule has 0 radical (unpaired) electrons. The number of methoxy groups -OCH3 is 1. The molecule has 1 aromatic carbocycles. The predicted octanol–water partition coefficient (Wildman–Crippen LogP) is 2.63. The number of hydrogen-bond acceptors (Lipinski definition) is 5. The molecule has 0 aliphatic heterocycles. The summed E-state index contributed by atoms with van der Waals surface area (Å²) in [6.45, 7) is 2.32. The van der Waals surface area contributed by atoms with Crippen LogP contribution in [-0.2, 0) is 11.3 Å². The normalized spacial score (nSPS) is 11.6. The molecule has 0 aliphatic carbocycles. The fourth-order valence-corrected chi connectivity index (χ4v) is 2.03. The third-order valence-corrected chi connectivity index (χ3v) is 3.40. The first-order chi connectivity index (χ1) is 11.6. The molecule has 1 amide bonds. The molecule has 1 unspecified atom stereocenters. The standard InChI is InChI=1S/C18H23N3O3/c1-13(19)3-8-17(22)21-12-14-9-10-20-18(11-14)24-16-6-4-15(23-2)5-7-16/h4-7,9-11,13H,3,8,12,19H2,1-2H3,(H,21,22). The van der Waals surface area contributed by atoms with E-state index in [1.165, 1.54) is 0 Å². The molecule has 3 N–H and O–H groups in total. The second-order valence-corrected chi connectivity index (χ2v) is 5.57. The molecule has 6 heteroatoms. The number of benzene rings is 1. The minimum Gasteiger partial charge on any atom is -0.497 e. The lowest BCUT2D eigenvalue weighted by atomic mass is 10.2. The number of ether oxygens (including phenoxy) is 2. The van der Waals surface area contributed by atoms with E-state index in [0.29, 0.717) is 31.0 Å². The highest BCUT2D eigenvalue weighted by molar-refractivity contribution is 5.75. The maximum atomic E-state index is 11.7. The van der Waals surface area contributed by atoms with Gasteiger partial charge in [0.1, 0.15) is 11.5 Å². The Kier molecular flexibility index (Phi) is 6.57. The van der Waals surface area contributed by atoms with Crippen molar-refractivity contribution in [2.24, 2.45) is 5.73 Å². The van der Waals surface area contributed by atoms with Gasteiger partial charge < -0.3 is 20.5 Å². The van der Waals surface area contributed by atoms with Crippen molar-refractivity contribution >= 4 is 5.91 Å². The number of carbonyl (C=O) groups is 1. The Bertz CT molecular complexity index is 657. The van der Waals surface area contributed by atoms with E-state index in [1.807, 2.05) is 37.3 Å². The zero-order valence-electron chi connectivity index (χ0n) is 14.0. The van der Waals surface area contributed by atoms with E-state index in [-0.39, 0.29) is 11.9 Å². The van der Waals surface area contributed by atoms with Crippen LogP contribution in [0.5, 0.6) is 17.4 Å². The SMILES string of the molecule is COc1ccc(Oc2cc(CNC(=O)CCC(C)N)ccn2)cc1. The largest absolute Gasteiger partial charge is 0.497 e. The van der Waals surface area contributed by atoms with Crippen LogP contribution in [0.2, 0.25) is 0 Å². The fourth-order valence-electron chi connectivity index (χ4n) is 2.03. The van der Waals surface area contributed by atoms with Gasteiger partial charge in [0.15, 0.2) is 0 Å². The van der Waals surface area contributed by atoms with Crippen LogP contribution in [0.4, 0.5) is 0 Å². The molecule has 2 rings (SSSR count). The minimum absolute atomic E-state index is 0.0123. The molecule has 128 valence electrons. The van der Waals surface area contributed by atoms with Crippen LogP contribution in [0.25, 0.3) is 0 Å². The van der Waals surface area contributed by atoms with E-state index >= 15 is 0 Å². The maximum Gasteiger partial charge on any atom is 0.220 e. The molecule has 1 heterocycles. The zero-order valence-corrected chi connectivity index (χ0v) is 14.0. The smallest absolute Gasteiger partial charge is 0.220 e. The van der Waals surface area contributed by atoms with E-state index < -0.39 is 0 Å². The molecule has 2 aromatic rings. The molecule has 1 atom stereocenters. The van der Waals surface area contributed by atoms with E-state index in [1.54, 1.807) is 19.4 Å². The number of carbonyl (C=O) groups excluding carboxylic acids is 1. The number of nitrogens with zero attached hydrogens (tertiary/aromatic N) is 1. The summed E-state index contributed by atoms with van der Waals surface area (Å²) in [6.07, 6.45) is 2.76. The van der Waals surface area contributed by atoms with Gasteiger partial charge in [0.2, 0.25) is 11.8 Å². The summed E-state index contributed by atoms with van der Waals surface area (Å²) in [6, 6.07) is 10.9. The summed E-state index contributed by atoms with van der Waals surface area (Å²) in [5, 5.41) is 2.87. The average Bonchev–Trinajstić information content (AvgIpc) is 2.59. The van der Waals surface area contributed by atoms with Gasteiger partial charge in [0.05, 0.1) is 7.11 Å². The summed E-state index contributed by atoms with van der Waals surface area (Å²) in [5.74, 6) is 1.89. The first-order valence-electron chi connectivity index (χ1n) is 7.86. The lowest BCUT2D eigenvalue weighted by Crippen LogP contribution is -2.25. The highest BCUT2D eigenvalue weighted by Gasteiger charge is 2.05. The third-order valence-electron chi connectivity index (χ3n) is 3.40. The van der Waals surface area contributed by atoms with Gasteiger partial charge in [-0.05, 0) is 49.2 Å². The Hall–Kier alpha value is -2.60. The highest BCUT2D eigenvalue weighted by Crippen LogP contribution is 2.22. The summed E-state index contributed by atoms with van der Waals surface area (Å²) in [5.41, 5.74) is 6.57. The minimum atomic E-state index is -0.0123. The number of nitrogens with two attached hydrogens (primary N) is 1. The first kappa shape index (κ1) is 17.7. The van der Waals surface area contributed by atoms with Crippen molar-refractivity contribution in [2.45, 2.75) is 32.4 Å². The van der Waals surface area contributed by atoms with Crippen LogP contribution in [-0.4, -0.2) is 24.0 Å². The highest BCUT2D eigenvalue weighted by atomic mass is 16.5. The molecule has 1 aromatic heterocycles. The van der Waals surface area contributed by atoms with Gasteiger partial charge in [-0.1, -0.05) is 0 Å². The van der Waals surface area contributed by atoms with Crippen molar-refractivity contribution in [3.63, 3.8) is 0 Å². The molecule has 0 spiro atoms. The Morgan fingerprint density at radius 1 is 1.25 bits per heavy atom. The summed E-state index contributed by atoms with van der Waals surface area (Å²) < 4.78 is 10.8. The van der Waals surface area contributed by atoms with Crippen LogP contribution in [0.3, 0.4) is 0 Å². The van der Waals surface area contributed by atoms with Crippen LogP contribution in [0, 0.1) is 0 Å². The van der Waals surface area contributed by atoms with Crippen LogP contribution < -0.4 is 20.5 Å². The van der Waals surface area contributed by atoms with E-state index in [4.69, 9.17) is 15.2 Å². The molecule has 0 fully saturated rings. The number of rotatable bonds is 8. The Balaban J connectivity index is 1.89. The fraction of sp³-hybridized carbons (Fsp3) is 0.333. The Labute approximate surface area is 142 Å². The van der Waals surface area contributed by atoms with Gasteiger partial charge in [-0.2, -0.15) is 0 Å². The van der Waals surface area contributed by atoms with Crippen molar-refractivity contribution in [2.75, 3.05) is 7.11 Å². The topological polar surface area (TPSA) is 86.5 Å². The molecule has 24 heavy (non-hydrogen) atoms. The molecule has 6 nitrogen and oxygen atoms in total. The van der Waals surface area contributed by atoms with Crippen molar-refractivity contribution < 1.29 is 14.3 Å². The van der Waals surface area contributed by atoms with Crippen LogP contribution in [0.15, 0.2) is 42.6 Å². The Morgan fingerprint density at radius 2 is 1.96 bits per heavy atom. The number of nitrogens with one attached hydrogen (secondary N) is 1. The molecular formula is C18H23N3O3. The molecule has 0 saturated carbocycles. The van der Waals surface area contributed by atoms with Gasteiger partial charge in [-0.3, -0.25) is 4.79 Å². The lowest BCUT2D eigenvalue weighted by Gasteiger charge is -2.09. The monoisotopic (exact) mass is 329 g/mol. The van der Waals surface area contributed by atoms with Gasteiger partial charge in [-0.15, -0.1) is 0 Å². The molecule has 0 aliphatic rings. The molecule has 0 saturated heterocycles. The average molecular weight is 329 g/mol. The van der Waals surface area contributed by atoms with Crippen molar-refractivity contribution in [1.82, 2.24) is 10.3 Å². The van der Waals surface area contributed by atoms with Gasteiger partial charge in [0, 0.05) is 31.3 Å². The molecule has 0 bridgehead atoms. The quantitative estimate of drug-likeness (QED) is 0.777. The lowest BCUT2D eigenvalue weighted by molar-refractivity contribution is -0.121. The molecular weight excluding hydrogens is 306 g/mol. The zero-order chi connectivity index (χ0) is 17.4. The van der Waals surface area contributed by atoms with Crippen LogP contribution >= 0.6 is 0 Å². The first-order valence-corrected chi connectivity index (χ1v) is 7.86. The number of pyridine rings is 1. The summed E-state index contributed by atoms with van der Waals surface area (Å²) in [4.78, 5) is 15.9. The number of amides is 1. The van der Waals surface area contributed by atoms with E-state index in [2.05, 4.69) is 10.3 Å². The Morgan fingerprint density at radius 3 is 2.62 bits per heavy atom. The maximum absolute atomic E-state index is 11.7. The van der Waals surface area contributed by atoms with E-state index in [9.17, 15) is 4.79 Å².